The molecule has 0 radical (unpaired) electrons. The Hall–Kier alpha value is -3.20. The van der Waals surface area contributed by atoms with E-state index in [1.165, 1.54) is 17.3 Å². The van der Waals surface area contributed by atoms with Gasteiger partial charge in [0, 0.05) is 13.1 Å². The van der Waals surface area contributed by atoms with Gasteiger partial charge in [0.25, 0.3) is 5.56 Å². The van der Waals surface area contributed by atoms with Crippen molar-refractivity contribution in [3.63, 3.8) is 0 Å². The van der Waals surface area contributed by atoms with Crippen LogP contribution in [0.3, 0.4) is 0 Å². The molecular weight excluding hydrogens is 454 g/mol. The summed E-state index contributed by atoms with van der Waals surface area (Å²) in [5.41, 5.74) is 0.199. The molecule has 1 aromatic carbocycles. The van der Waals surface area contributed by atoms with E-state index in [0.29, 0.717) is 26.4 Å². The van der Waals surface area contributed by atoms with Crippen molar-refractivity contribution in [2.75, 3.05) is 20.3 Å². The lowest BCUT2D eigenvalue weighted by Gasteiger charge is -2.31. The van der Waals surface area contributed by atoms with Gasteiger partial charge in [-0.3, -0.25) is 14.2 Å². The lowest BCUT2D eigenvalue weighted by atomic mass is 9.94. The number of benzene rings is 1. The van der Waals surface area contributed by atoms with Crippen molar-refractivity contribution in [1.29, 1.82) is 0 Å². The minimum atomic E-state index is -0.517. The minimum Gasteiger partial charge on any atom is -0.490 e. The third-order valence-electron chi connectivity index (χ3n) is 6.25. The van der Waals surface area contributed by atoms with Gasteiger partial charge >= 0.3 is 5.97 Å². The van der Waals surface area contributed by atoms with E-state index in [1.807, 2.05) is 30.3 Å². The zero-order valence-corrected chi connectivity index (χ0v) is 20.3. The summed E-state index contributed by atoms with van der Waals surface area (Å²) in [6.07, 6.45) is 6.85. The quantitative estimate of drug-likeness (QED) is 0.358. The molecule has 9 heteroatoms. The average molecular weight is 484 g/mol. The van der Waals surface area contributed by atoms with Crippen LogP contribution in [0.2, 0.25) is 0 Å². The largest absolute Gasteiger partial charge is 0.490 e. The highest BCUT2D eigenvalue weighted by Gasteiger charge is 2.24. The molecule has 180 valence electrons. The van der Waals surface area contributed by atoms with Crippen molar-refractivity contribution in [3.05, 3.63) is 57.5 Å². The average Bonchev–Trinajstić information content (AvgIpc) is 3.21. The fourth-order valence-electron chi connectivity index (χ4n) is 4.27. The monoisotopic (exact) mass is 483 g/mol. The molecule has 1 fully saturated rings. The van der Waals surface area contributed by atoms with Crippen molar-refractivity contribution in [1.82, 2.24) is 14.5 Å². The molecule has 0 aliphatic heterocycles. The number of esters is 1. The van der Waals surface area contributed by atoms with Crippen LogP contribution in [0.5, 0.6) is 5.75 Å². The number of carbonyl (C=O) groups is 2. The summed E-state index contributed by atoms with van der Waals surface area (Å²) in [5.74, 6) is 0.0716. The Morgan fingerprint density at radius 2 is 1.88 bits per heavy atom. The summed E-state index contributed by atoms with van der Waals surface area (Å²) in [4.78, 5) is 45.4. The van der Waals surface area contributed by atoms with Gasteiger partial charge in [-0.05, 0) is 37.5 Å². The zero-order valence-electron chi connectivity index (χ0n) is 19.5. The number of carbonyl (C=O) groups excluding carboxylic acids is 2. The smallest absolute Gasteiger partial charge is 0.348 e. The van der Waals surface area contributed by atoms with E-state index in [4.69, 9.17) is 9.47 Å². The third kappa shape index (κ3) is 5.30. The first-order valence-corrected chi connectivity index (χ1v) is 12.4. The Balaban J connectivity index is 1.42. The molecule has 0 saturated heterocycles. The molecule has 1 amide bonds. The van der Waals surface area contributed by atoms with Crippen LogP contribution >= 0.6 is 11.3 Å². The van der Waals surface area contributed by atoms with E-state index in [-0.39, 0.29) is 37.3 Å². The van der Waals surface area contributed by atoms with Crippen molar-refractivity contribution >= 4 is 33.4 Å². The predicted molar refractivity (Wildman–Crippen MR) is 130 cm³/mol. The summed E-state index contributed by atoms with van der Waals surface area (Å²) >= 11 is 1.12. The fraction of sp³-hybridized carbons (Fsp3) is 0.440. The van der Waals surface area contributed by atoms with Crippen LogP contribution in [0.15, 0.2) is 41.5 Å². The van der Waals surface area contributed by atoms with Crippen molar-refractivity contribution in [2.45, 2.75) is 51.6 Å². The van der Waals surface area contributed by atoms with Gasteiger partial charge in [0.1, 0.15) is 35.2 Å². The molecule has 1 aliphatic rings. The summed E-state index contributed by atoms with van der Waals surface area (Å²) in [7, 11) is 1.81. The van der Waals surface area contributed by atoms with Gasteiger partial charge in [-0.15, -0.1) is 11.3 Å². The van der Waals surface area contributed by atoms with Gasteiger partial charge in [0.2, 0.25) is 5.91 Å². The van der Waals surface area contributed by atoms with Crippen LogP contribution in [0.4, 0.5) is 0 Å². The molecule has 0 N–H and O–H groups in total. The van der Waals surface area contributed by atoms with Crippen LogP contribution in [0, 0.1) is 6.92 Å². The number of ether oxygens (including phenoxy) is 2. The first kappa shape index (κ1) is 23.9. The van der Waals surface area contributed by atoms with Gasteiger partial charge in [0.05, 0.1) is 11.7 Å². The fourth-order valence-corrected chi connectivity index (χ4v) is 5.30. The van der Waals surface area contributed by atoms with E-state index in [2.05, 4.69) is 4.98 Å². The van der Waals surface area contributed by atoms with Gasteiger partial charge in [-0.25, -0.2) is 9.78 Å². The first-order chi connectivity index (χ1) is 16.5. The van der Waals surface area contributed by atoms with Crippen molar-refractivity contribution < 1.29 is 19.1 Å². The standard InChI is InChI=1S/C25H29N3O5S/c1-17-21-23(34-22(17)25(31)33-14-13-32-19-11-7-4-8-12-19)26-16-28(24(21)30)15-20(29)27(2)18-9-5-3-6-10-18/h4,7-8,11-12,16,18H,3,5-6,9-10,13-15H2,1-2H3. The second kappa shape index (κ2) is 10.8. The number of thiophene rings is 1. The van der Waals surface area contributed by atoms with Crippen LogP contribution in [-0.2, 0) is 16.1 Å². The highest BCUT2D eigenvalue weighted by molar-refractivity contribution is 7.20. The number of rotatable bonds is 8. The van der Waals surface area contributed by atoms with Crippen LogP contribution < -0.4 is 10.3 Å². The molecule has 0 atom stereocenters. The van der Waals surface area contributed by atoms with Crippen molar-refractivity contribution in [3.8, 4) is 5.75 Å². The van der Waals surface area contributed by atoms with E-state index in [9.17, 15) is 14.4 Å². The number of aryl methyl sites for hydroxylation is 1. The number of hydrogen-bond acceptors (Lipinski definition) is 7. The van der Waals surface area contributed by atoms with Gasteiger partial charge in [-0.1, -0.05) is 37.5 Å². The first-order valence-electron chi connectivity index (χ1n) is 11.5. The predicted octanol–water partition coefficient (Wildman–Crippen LogP) is 3.79. The van der Waals surface area contributed by atoms with Gasteiger partial charge in [0.15, 0.2) is 0 Å². The maximum Gasteiger partial charge on any atom is 0.348 e. The molecule has 34 heavy (non-hydrogen) atoms. The van der Waals surface area contributed by atoms with E-state index < -0.39 is 5.97 Å². The normalized spacial score (nSPS) is 14.2. The molecule has 4 rings (SSSR count). The molecule has 2 aromatic heterocycles. The summed E-state index contributed by atoms with van der Waals surface area (Å²) < 4.78 is 12.2. The molecule has 0 spiro atoms. The Morgan fingerprint density at radius 1 is 1.15 bits per heavy atom. The highest BCUT2D eigenvalue weighted by Crippen LogP contribution is 2.27. The number of amides is 1. The second-order valence-corrected chi connectivity index (χ2v) is 9.51. The Labute approximate surface area is 202 Å². The van der Waals surface area contributed by atoms with Gasteiger partial charge in [-0.2, -0.15) is 0 Å². The summed E-state index contributed by atoms with van der Waals surface area (Å²) in [6.45, 7) is 1.95. The Bertz CT molecular complexity index is 1210. The lowest BCUT2D eigenvalue weighted by Crippen LogP contribution is -2.41. The van der Waals surface area contributed by atoms with Crippen LogP contribution in [0.25, 0.3) is 10.2 Å². The summed E-state index contributed by atoms with van der Waals surface area (Å²) in [5, 5.41) is 0.355. The van der Waals surface area contributed by atoms with Crippen molar-refractivity contribution in [2.24, 2.45) is 0 Å². The molecule has 8 nitrogen and oxygen atoms in total. The number of likely N-dealkylation sites (N-methyl/N-ethyl adjacent to an activating group) is 1. The molecule has 2 heterocycles. The topological polar surface area (TPSA) is 90.7 Å². The minimum absolute atomic E-state index is 0.0688. The Kier molecular flexibility index (Phi) is 7.62. The maximum absolute atomic E-state index is 13.1. The summed E-state index contributed by atoms with van der Waals surface area (Å²) in [6, 6.07) is 9.50. The molecule has 1 saturated carbocycles. The SMILES string of the molecule is Cc1c(C(=O)OCCOc2ccccc2)sc2ncn(CC(=O)N(C)C3CCCCC3)c(=O)c12. The second-order valence-electron chi connectivity index (χ2n) is 8.51. The number of hydrogen-bond donors (Lipinski definition) is 0. The Morgan fingerprint density at radius 3 is 2.62 bits per heavy atom. The molecule has 0 bridgehead atoms. The maximum atomic E-state index is 13.1. The van der Waals surface area contributed by atoms with E-state index >= 15 is 0 Å². The van der Waals surface area contributed by atoms with Crippen LogP contribution in [-0.4, -0.2) is 52.6 Å². The van der Waals surface area contributed by atoms with E-state index in [0.717, 1.165) is 37.0 Å². The van der Waals surface area contributed by atoms with E-state index in [1.54, 1.807) is 18.9 Å². The molecular formula is C25H29N3O5S. The molecule has 0 unspecified atom stereocenters. The zero-order chi connectivity index (χ0) is 24.1. The number of fused-ring (bicyclic) bond motifs is 1. The molecule has 3 aromatic rings. The highest BCUT2D eigenvalue weighted by atomic mass is 32.1. The number of para-hydroxylation sites is 1. The lowest BCUT2D eigenvalue weighted by molar-refractivity contribution is -0.133. The van der Waals surface area contributed by atoms with Gasteiger partial charge < -0.3 is 14.4 Å². The van der Waals surface area contributed by atoms with Crippen LogP contribution in [0.1, 0.15) is 47.3 Å². The number of nitrogens with zero attached hydrogens (tertiary/aromatic N) is 3. The molecule has 1 aliphatic carbocycles. The third-order valence-corrected chi connectivity index (χ3v) is 7.43. The number of aromatic nitrogens is 2.